The van der Waals surface area contributed by atoms with Crippen molar-refractivity contribution in [3.8, 4) is 0 Å². The Morgan fingerprint density at radius 1 is 1.00 bits per heavy atom. The first-order chi connectivity index (χ1) is 11.4. The Labute approximate surface area is 138 Å². The summed E-state index contributed by atoms with van der Waals surface area (Å²) in [6.45, 7) is 3.09. The number of non-ortho nitro benzene ring substituents is 1. The summed E-state index contributed by atoms with van der Waals surface area (Å²) >= 11 is 0. The van der Waals surface area contributed by atoms with E-state index in [1.165, 1.54) is 19.1 Å². The Hall–Kier alpha value is -3.22. The van der Waals surface area contributed by atoms with Gasteiger partial charge in [-0.3, -0.25) is 19.7 Å². The van der Waals surface area contributed by atoms with E-state index in [2.05, 4.69) is 10.6 Å². The van der Waals surface area contributed by atoms with Crippen molar-refractivity contribution in [2.75, 3.05) is 10.6 Å². The molecule has 0 aromatic heterocycles. The maximum atomic E-state index is 12.4. The van der Waals surface area contributed by atoms with Gasteiger partial charge in [0.05, 0.1) is 22.2 Å². The number of nitrogens with one attached hydrogen (secondary N) is 2. The molecule has 0 fully saturated rings. The zero-order valence-corrected chi connectivity index (χ0v) is 13.3. The van der Waals surface area contributed by atoms with Crippen molar-refractivity contribution in [3.05, 3.63) is 64.2 Å². The molecule has 0 aliphatic heterocycles. The van der Waals surface area contributed by atoms with E-state index in [0.717, 1.165) is 0 Å². The summed E-state index contributed by atoms with van der Waals surface area (Å²) in [6, 6.07) is 12.7. The molecular weight excluding hydrogens is 310 g/mol. The van der Waals surface area contributed by atoms with Crippen LogP contribution in [0.25, 0.3) is 0 Å². The van der Waals surface area contributed by atoms with Crippen molar-refractivity contribution < 1.29 is 14.5 Å². The summed E-state index contributed by atoms with van der Waals surface area (Å²) in [5.74, 6) is -1.02. The fourth-order valence-electron chi connectivity index (χ4n) is 2.17. The molecule has 124 valence electrons. The van der Waals surface area contributed by atoms with Gasteiger partial charge in [-0.15, -0.1) is 0 Å². The average Bonchev–Trinajstić information content (AvgIpc) is 2.55. The van der Waals surface area contributed by atoms with Gasteiger partial charge in [-0.25, -0.2) is 0 Å². The Balaban J connectivity index is 2.14. The standard InChI is InChI=1S/C17H17N3O4/c1-11(13-7-9-14(10-8-13)20(23)24)17(22)19-16-6-4-3-5-15(16)18-12(2)21/h3-11H,1-2H3,(H,18,21)(H,19,22)/t11-/m0/s1. The number of benzene rings is 2. The van der Waals surface area contributed by atoms with E-state index in [4.69, 9.17) is 0 Å². The second kappa shape index (κ2) is 7.36. The third-order valence-electron chi connectivity index (χ3n) is 3.49. The molecule has 0 aliphatic rings. The number of amides is 2. The molecule has 0 radical (unpaired) electrons. The SMILES string of the molecule is CC(=O)Nc1ccccc1NC(=O)[C@@H](C)c1ccc([N+](=O)[O-])cc1. The Bertz CT molecular complexity index is 772. The lowest BCUT2D eigenvalue weighted by atomic mass is 10.00. The molecule has 2 N–H and O–H groups in total. The molecular formula is C17H17N3O4. The fourth-order valence-corrected chi connectivity index (χ4v) is 2.17. The van der Waals surface area contributed by atoms with Crippen molar-refractivity contribution in [3.63, 3.8) is 0 Å². The normalized spacial score (nSPS) is 11.4. The molecule has 24 heavy (non-hydrogen) atoms. The smallest absolute Gasteiger partial charge is 0.269 e. The Kier molecular flexibility index (Phi) is 5.26. The van der Waals surface area contributed by atoms with E-state index in [1.54, 1.807) is 43.3 Å². The van der Waals surface area contributed by atoms with E-state index < -0.39 is 10.8 Å². The van der Waals surface area contributed by atoms with Crippen molar-refractivity contribution >= 4 is 28.9 Å². The van der Waals surface area contributed by atoms with Crippen molar-refractivity contribution in [1.29, 1.82) is 0 Å². The second-order valence-electron chi connectivity index (χ2n) is 5.29. The maximum Gasteiger partial charge on any atom is 0.269 e. The third-order valence-corrected chi connectivity index (χ3v) is 3.49. The minimum Gasteiger partial charge on any atom is -0.325 e. The second-order valence-corrected chi connectivity index (χ2v) is 5.29. The van der Waals surface area contributed by atoms with Crippen molar-refractivity contribution in [1.82, 2.24) is 0 Å². The molecule has 2 rings (SSSR count). The quantitative estimate of drug-likeness (QED) is 0.650. The molecule has 0 saturated heterocycles. The lowest BCUT2D eigenvalue weighted by molar-refractivity contribution is -0.384. The number of nitro groups is 1. The largest absolute Gasteiger partial charge is 0.325 e. The molecule has 2 amide bonds. The zero-order valence-electron chi connectivity index (χ0n) is 13.3. The minimum atomic E-state index is -0.504. The van der Waals surface area contributed by atoms with Crippen molar-refractivity contribution in [2.24, 2.45) is 0 Å². The molecule has 0 heterocycles. The highest BCUT2D eigenvalue weighted by Crippen LogP contribution is 2.24. The van der Waals surface area contributed by atoms with Gasteiger partial charge in [-0.2, -0.15) is 0 Å². The molecule has 7 heteroatoms. The van der Waals surface area contributed by atoms with Gasteiger partial charge in [0.1, 0.15) is 0 Å². The van der Waals surface area contributed by atoms with Crippen LogP contribution in [0.2, 0.25) is 0 Å². The Morgan fingerprint density at radius 2 is 1.54 bits per heavy atom. The molecule has 0 unspecified atom stereocenters. The highest BCUT2D eigenvalue weighted by Gasteiger charge is 2.17. The van der Waals surface area contributed by atoms with Crippen LogP contribution >= 0.6 is 0 Å². The summed E-state index contributed by atoms with van der Waals surface area (Å²) in [6.07, 6.45) is 0. The first-order valence-electron chi connectivity index (χ1n) is 7.30. The fraction of sp³-hybridized carbons (Fsp3) is 0.176. The predicted molar refractivity (Wildman–Crippen MR) is 90.9 cm³/mol. The summed E-state index contributed by atoms with van der Waals surface area (Å²) in [5.41, 5.74) is 1.64. The number of nitrogens with zero attached hydrogens (tertiary/aromatic N) is 1. The van der Waals surface area contributed by atoms with Gasteiger partial charge in [-0.05, 0) is 24.6 Å². The van der Waals surface area contributed by atoms with Crippen LogP contribution in [-0.2, 0) is 9.59 Å². The molecule has 0 saturated carbocycles. The Morgan fingerprint density at radius 3 is 2.04 bits per heavy atom. The molecule has 0 bridgehead atoms. The molecule has 2 aromatic carbocycles. The van der Waals surface area contributed by atoms with E-state index in [-0.39, 0.29) is 17.5 Å². The molecule has 7 nitrogen and oxygen atoms in total. The molecule has 1 atom stereocenters. The number of carbonyl (C=O) groups excluding carboxylic acids is 2. The zero-order chi connectivity index (χ0) is 17.7. The monoisotopic (exact) mass is 327 g/mol. The van der Waals surface area contributed by atoms with Crippen LogP contribution < -0.4 is 10.6 Å². The van der Waals surface area contributed by atoms with Gasteiger partial charge < -0.3 is 10.6 Å². The van der Waals surface area contributed by atoms with Crippen LogP contribution in [-0.4, -0.2) is 16.7 Å². The number of nitro benzene ring substituents is 1. The lowest BCUT2D eigenvalue weighted by Crippen LogP contribution is -2.20. The first-order valence-corrected chi connectivity index (χ1v) is 7.30. The number of rotatable bonds is 5. The lowest BCUT2D eigenvalue weighted by Gasteiger charge is -2.15. The number of carbonyl (C=O) groups is 2. The minimum absolute atomic E-state index is 0.0256. The van der Waals surface area contributed by atoms with Crippen LogP contribution in [0.3, 0.4) is 0 Å². The van der Waals surface area contributed by atoms with Gasteiger partial charge in [0.2, 0.25) is 11.8 Å². The topological polar surface area (TPSA) is 101 Å². The summed E-state index contributed by atoms with van der Waals surface area (Å²) in [5, 5.41) is 16.1. The molecule has 0 aliphatic carbocycles. The van der Waals surface area contributed by atoms with E-state index in [1.807, 2.05) is 0 Å². The predicted octanol–water partition coefficient (Wildman–Crippen LogP) is 3.30. The van der Waals surface area contributed by atoms with Crippen LogP contribution in [0.1, 0.15) is 25.3 Å². The number of para-hydroxylation sites is 2. The van der Waals surface area contributed by atoms with Crippen LogP contribution in [0.4, 0.5) is 17.1 Å². The van der Waals surface area contributed by atoms with E-state index in [9.17, 15) is 19.7 Å². The maximum absolute atomic E-state index is 12.4. The number of hydrogen-bond donors (Lipinski definition) is 2. The van der Waals surface area contributed by atoms with Crippen molar-refractivity contribution in [2.45, 2.75) is 19.8 Å². The molecule has 2 aromatic rings. The van der Waals surface area contributed by atoms with Gasteiger partial charge in [0.15, 0.2) is 0 Å². The van der Waals surface area contributed by atoms with E-state index >= 15 is 0 Å². The van der Waals surface area contributed by atoms with Gasteiger partial charge >= 0.3 is 0 Å². The van der Waals surface area contributed by atoms with Gasteiger partial charge in [0.25, 0.3) is 5.69 Å². The van der Waals surface area contributed by atoms with Crippen LogP contribution in [0.15, 0.2) is 48.5 Å². The van der Waals surface area contributed by atoms with Crippen LogP contribution in [0, 0.1) is 10.1 Å². The summed E-state index contributed by atoms with van der Waals surface area (Å²) < 4.78 is 0. The van der Waals surface area contributed by atoms with Gasteiger partial charge in [-0.1, -0.05) is 24.3 Å². The van der Waals surface area contributed by atoms with Gasteiger partial charge in [0, 0.05) is 19.1 Å². The van der Waals surface area contributed by atoms with E-state index in [0.29, 0.717) is 16.9 Å². The number of anilines is 2. The summed E-state index contributed by atoms with van der Waals surface area (Å²) in [7, 11) is 0. The number of hydrogen-bond acceptors (Lipinski definition) is 4. The highest BCUT2D eigenvalue weighted by molar-refractivity contribution is 6.01. The average molecular weight is 327 g/mol. The highest BCUT2D eigenvalue weighted by atomic mass is 16.6. The molecule has 0 spiro atoms. The van der Waals surface area contributed by atoms with Crippen LogP contribution in [0.5, 0.6) is 0 Å². The third kappa shape index (κ3) is 4.16. The first kappa shape index (κ1) is 17.1. The summed E-state index contributed by atoms with van der Waals surface area (Å²) in [4.78, 5) is 33.8.